The number of nitrogens with two attached hydrogens (primary N) is 1. The molecule has 0 aromatic heterocycles. The van der Waals surface area contributed by atoms with Gasteiger partial charge in [-0.05, 0) is 29.9 Å². The molecule has 0 aliphatic heterocycles. The van der Waals surface area contributed by atoms with E-state index < -0.39 is 0 Å². The monoisotopic (exact) mass is 285 g/mol. The van der Waals surface area contributed by atoms with Crippen LogP contribution >= 0.6 is 0 Å². The van der Waals surface area contributed by atoms with E-state index in [9.17, 15) is 0 Å². The van der Waals surface area contributed by atoms with Gasteiger partial charge in [-0.15, -0.1) is 0 Å². The van der Waals surface area contributed by atoms with E-state index in [1.165, 1.54) is 5.69 Å². The van der Waals surface area contributed by atoms with Crippen LogP contribution in [0.1, 0.15) is 25.8 Å². The van der Waals surface area contributed by atoms with E-state index >= 15 is 0 Å². The van der Waals surface area contributed by atoms with Crippen LogP contribution in [-0.2, 0) is 0 Å². The molecule has 0 saturated carbocycles. The molecule has 21 heavy (non-hydrogen) atoms. The lowest BCUT2D eigenvalue weighted by atomic mass is 10.0. The smallest absolute Gasteiger partial charge is 0.170 e. The maximum atomic E-state index is 8.92. The summed E-state index contributed by atoms with van der Waals surface area (Å²) in [5.74, 6) is 0.817. The Morgan fingerprint density at radius 1 is 1.19 bits per heavy atom. The predicted molar refractivity (Wildman–Crippen MR) is 89.2 cm³/mol. The van der Waals surface area contributed by atoms with E-state index in [0.29, 0.717) is 5.92 Å². The van der Waals surface area contributed by atoms with Gasteiger partial charge in [0.2, 0.25) is 0 Å². The molecule has 0 heterocycles. The average Bonchev–Trinajstić information content (AvgIpc) is 2.50. The molecule has 0 aliphatic carbocycles. The average molecular weight is 285 g/mol. The number of benzene rings is 2. The van der Waals surface area contributed by atoms with E-state index in [1.807, 2.05) is 30.3 Å². The molecule has 2 aromatic carbocycles. The van der Waals surface area contributed by atoms with Crippen LogP contribution in [0.4, 0.5) is 5.69 Å². The SMILES string of the molecule is CC(C)CCN(C)c1ccc(/C(N)=N/O)c2ccccc12. The molecule has 3 N–H and O–H groups in total. The van der Waals surface area contributed by atoms with Crippen molar-refractivity contribution in [1.29, 1.82) is 0 Å². The number of rotatable bonds is 5. The van der Waals surface area contributed by atoms with Crippen molar-refractivity contribution >= 4 is 22.3 Å². The molecule has 0 aliphatic rings. The van der Waals surface area contributed by atoms with Gasteiger partial charge in [0.1, 0.15) is 0 Å². The first kappa shape index (κ1) is 15.2. The Bertz CT molecular complexity index is 650. The predicted octanol–water partition coefficient (Wildman–Crippen LogP) is 3.42. The van der Waals surface area contributed by atoms with Crippen molar-refractivity contribution in [3.05, 3.63) is 42.0 Å². The van der Waals surface area contributed by atoms with Crippen LogP contribution in [0.5, 0.6) is 0 Å². The zero-order valence-electron chi connectivity index (χ0n) is 12.9. The molecule has 0 bridgehead atoms. The summed E-state index contributed by atoms with van der Waals surface area (Å²) in [5.41, 5.74) is 7.70. The molecule has 4 nitrogen and oxygen atoms in total. The van der Waals surface area contributed by atoms with Crippen molar-refractivity contribution in [2.75, 3.05) is 18.5 Å². The van der Waals surface area contributed by atoms with Crippen LogP contribution in [0.25, 0.3) is 10.8 Å². The second kappa shape index (κ2) is 6.48. The van der Waals surface area contributed by atoms with Gasteiger partial charge in [-0.1, -0.05) is 43.3 Å². The van der Waals surface area contributed by atoms with E-state index in [0.717, 1.165) is 29.3 Å². The van der Waals surface area contributed by atoms with Gasteiger partial charge >= 0.3 is 0 Å². The van der Waals surface area contributed by atoms with Crippen LogP contribution in [-0.4, -0.2) is 24.6 Å². The molecule has 0 saturated heterocycles. The molecule has 0 fully saturated rings. The third-order valence-corrected chi connectivity index (χ3v) is 3.74. The van der Waals surface area contributed by atoms with Crippen LogP contribution in [0.3, 0.4) is 0 Å². The fraction of sp³-hybridized carbons (Fsp3) is 0.353. The lowest BCUT2D eigenvalue weighted by Gasteiger charge is -2.23. The molecule has 112 valence electrons. The number of hydrogen-bond donors (Lipinski definition) is 2. The third kappa shape index (κ3) is 3.27. The highest BCUT2D eigenvalue weighted by atomic mass is 16.4. The first-order chi connectivity index (χ1) is 10.0. The van der Waals surface area contributed by atoms with Gasteiger partial charge in [0.25, 0.3) is 0 Å². The minimum Gasteiger partial charge on any atom is -0.409 e. The molecule has 2 aromatic rings. The van der Waals surface area contributed by atoms with Crippen molar-refractivity contribution in [2.24, 2.45) is 16.8 Å². The number of oxime groups is 1. The first-order valence-corrected chi connectivity index (χ1v) is 7.25. The maximum Gasteiger partial charge on any atom is 0.170 e. The van der Waals surface area contributed by atoms with Crippen molar-refractivity contribution in [3.8, 4) is 0 Å². The number of anilines is 1. The minimum absolute atomic E-state index is 0.141. The molecular formula is C17H23N3O. The Labute approximate surface area is 125 Å². The number of fused-ring (bicyclic) bond motifs is 1. The number of amidine groups is 1. The highest BCUT2D eigenvalue weighted by Gasteiger charge is 2.11. The van der Waals surface area contributed by atoms with E-state index in [2.05, 4.69) is 37.0 Å². The van der Waals surface area contributed by atoms with Crippen LogP contribution in [0.15, 0.2) is 41.6 Å². The Morgan fingerprint density at radius 2 is 1.86 bits per heavy atom. The van der Waals surface area contributed by atoms with Crippen molar-refractivity contribution in [3.63, 3.8) is 0 Å². The molecule has 4 heteroatoms. The maximum absolute atomic E-state index is 8.92. The van der Waals surface area contributed by atoms with Crippen molar-refractivity contribution < 1.29 is 5.21 Å². The summed E-state index contributed by atoms with van der Waals surface area (Å²) in [6, 6.07) is 12.0. The summed E-state index contributed by atoms with van der Waals surface area (Å²) in [4.78, 5) is 2.26. The second-order valence-electron chi connectivity index (χ2n) is 5.77. The van der Waals surface area contributed by atoms with Crippen molar-refractivity contribution in [2.45, 2.75) is 20.3 Å². The van der Waals surface area contributed by atoms with Gasteiger partial charge in [0, 0.05) is 30.2 Å². The topological polar surface area (TPSA) is 61.8 Å². The Morgan fingerprint density at radius 3 is 2.48 bits per heavy atom. The number of nitrogens with zero attached hydrogens (tertiary/aromatic N) is 2. The van der Waals surface area contributed by atoms with E-state index in [-0.39, 0.29) is 5.84 Å². The molecule has 0 radical (unpaired) electrons. The quantitative estimate of drug-likeness (QED) is 0.383. The van der Waals surface area contributed by atoms with Crippen LogP contribution < -0.4 is 10.6 Å². The fourth-order valence-corrected chi connectivity index (χ4v) is 2.47. The third-order valence-electron chi connectivity index (χ3n) is 3.74. The molecule has 0 unspecified atom stereocenters. The summed E-state index contributed by atoms with van der Waals surface area (Å²) in [5, 5.41) is 14.2. The number of hydrogen-bond acceptors (Lipinski definition) is 3. The largest absolute Gasteiger partial charge is 0.409 e. The normalized spacial score (nSPS) is 12.1. The standard InChI is InChI=1S/C17H23N3O/c1-12(2)10-11-20(3)16-9-8-15(17(18)19-21)13-6-4-5-7-14(13)16/h4-9,12,21H,10-11H2,1-3H3,(H2,18,19). The molecule has 0 atom stereocenters. The lowest BCUT2D eigenvalue weighted by Crippen LogP contribution is -2.21. The summed E-state index contributed by atoms with van der Waals surface area (Å²) >= 11 is 0. The zero-order chi connectivity index (χ0) is 15.4. The molecule has 0 spiro atoms. The van der Waals surface area contributed by atoms with Crippen LogP contribution in [0, 0.1) is 5.92 Å². The zero-order valence-corrected chi connectivity index (χ0v) is 12.9. The Balaban J connectivity index is 2.47. The van der Waals surface area contributed by atoms with Gasteiger partial charge < -0.3 is 15.8 Å². The van der Waals surface area contributed by atoms with Gasteiger partial charge in [-0.2, -0.15) is 0 Å². The van der Waals surface area contributed by atoms with Gasteiger partial charge in [0.05, 0.1) is 0 Å². The van der Waals surface area contributed by atoms with Crippen LogP contribution in [0.2, 0.25) is 0 Å². The highest BCUT2D eigenvalue weighted by Crippen LogP contribution is 2.29. The summed E-state index contributed by atoms with van der Waals surface area (Å²) in [6.07, 6.45) is 1.15. The summed E-state index contributed by atoms with van der Waals surface area (Å²) in [6.45, 7) is 5.46. The second-order valence-corrected chi connectivity index (χ2v) is 5.77. The van der Waals surface area contributed by atoms with Gasteiger partial charge in [-0.3, -0.25) is 0 Å². The molecule has 2 rings (SSSR count). The fourth-order valence-electron chi connectivity index (χ4n) is 2.47. The first-order valence-electron chi connectivity index (χ1n) is 7.25. The van der Waals surface area contributed by atoms with Gasteiger partial charge in [-0.25, -0.2) is 0 Å². The van der Waals surface area contributed by atoms with Crippen molar-refractivity contribution in [1.82, 2.24) is 0 Å². The highest BCUT2D eigenvalue weighted by molar-refractivity contribution is 6.11. The van der Waals surface area contributed by atoms with Gasteiger partial charge in [0.15, 0.2) is 5.84 Å². The minimum atomic E-state index is 0.141. The Hall–Kier alpha value is -2.23. The Kier molecular flexibility index (Phi) is 4.68. The lowest BCUT2D eigenvalue weighted by molar-refractivity contribution is 0.318. The van der Waals surface area contributed by atoms with E-state index in [4.69, 9.17) is 10.9 Å². The molecule has 0 amide bonds. The summed E-state index contributed by atoms with van der Waals surface area (Å²) < 4.78 is 0. The van der Waals surface area contributed by atoms with E-state index in [1.54, 1.807) is 0 Å². The summed E-state index contributed by atoms with van der Waals surface area (Å²) in [7, 11) is 2.10. The molecular weight excluding hydrogens is 262 g/mol.